The molecular formula is C27H28F2N4O2. The zero-order valence-electron chi connectivity index (χ0n) is 19.3. The van der Waals surface area contributed by atoms with Crippen molar-refractivity contribution in [3.63, 3.8) is 0 Å². The number of nitrogens with zero attached hydrogens (tertiary/aromatic N) is 3. The molecule has 2 amide bonds. The number of carbonyl (C=O) groups excluding carboxylic acids is 2. The van der Waals surface area contributed by atoms with Crippen LogP contribution in [-0.2, 0) is 16.1 Å². The van der Waals surface area contributed by atoms with Gasteiger partial charge in [0.25, 0.3) is 0 Å². The second-order valence-corrected chi connectivity index (χ2v) is 9.09. The molecule has 1 saturated carbocycles. The highest BCUT2D eigenvalue weighted by atomic mass is 19.3. The first kappa shape index (κ1) is 24.5. The summed E-state index contributed by atoms with van der Waals surface area (Å²) >= 11 is 0. The lowest BCUT2D eigenvalue weighted by Gasteiger charge is -2.32. The summed E-state index contributed by atoms with van der Waals surface area (Å²) in [5.74, 6) is 0.281. The number of terminal acetylenes is 1. The van der Waals surface area contributed by atoms with E-state index in [4.69, 9.17) is 6.42 Å². The van der Waals surface area contributed by atoms with Gasteiger partial charge in [-0.1, -0.05) is 48.5 Å². The maximum Gasteiger partial charge on any atom is 0.247 e. The molecule has 0 saturated heterocycles. The maximum atomic E-state index is 13.6. The highest BCUT2D eigenvalue weighted by molar-refractivity contribution is 5.97. The van der Waals surface area contributed by atoms with Crippen LogP contribution in [0.2, 0.25) is 0 Å². The summed E-state index contributed by atoms with van der Waals surface area (Å²) < 4.78 is 27.1. The van der Waals surface area contributed by atoms with Crippen LogP contribution in [0.4, 0.5) is 14.5 Å². The van der Waals surface area contributed by atoms with Gasteiger partial charge in [-0.3, -0.25) is 9.59 Å². The number of benzene rings is 2. The summed E-state index contributed by atoms with van der Waals surface area (Å²) in [6, 6.07) is 17.0. The van der Waals surface area contributed by atoms with Crippen LogP contribution in [0, 0.1) is 24.2 Å². The van der Waals surface area contributed by atoms with E-state index in [1.54, 1.807) is 24.3 Å². The van der Waals surface area contributed by atoms with Gasteiger partial charge in [-0.15, -0.1) is 12.3 Å². The number of rotatable bonds is 12. The fourth-order valence-corrected chi connectivity index (χ4v) is 4.43. The van der Waals surface area contributed by atoms with Crippen molar-refractivity contribution in [3.05, 3.63) is 66.2 Å². The molecule has 0 bridgehead atoms. The lowest BCUT2D eigenvalue weighted by molar-refractivity contribution is -0.140. The van der Waals surface area contributed by atoms with Crippen LogP contribution >= 0.6 is 0 Å². The molecule has 1 unspecified atom stereocenters. The monoisotopic (exact) mass is 478 g/mol. The predicted molar refractivity (Wildman–Crippen MR) is 128 cm³/mol. The van der Waals surface area contributed by atoms with Crippen LogP contribution in [0.15, 0.2) is 70.9 Å². The van der Waals surface area contributed by atoms with E-state index < -0.39 is 35.9 Å². The topological polar surface area (TPSA) is 74.1 Å². The average Bonchev–Trinajstić information content (AvgIpc) is 3.79. The van der Waals surface area contributed by atoms with Gasteiger partial charge in [0.15, 0.2) is 5.66 Å². The molecule has 1 fully saturated rings. The Kier molecular flexibility index (Phi) is 7.54. The standard InChI is InChI=1S/C27H28F2N4O2/c1-2-3-15-27(31-32-27)16-14-23(34)33(18-19-10-6-4-7-11-19)24(21-17-22(21)25(28)29)26(35)30-20-12-8-5-9-13-20/h1,4-13,21-22,24-25H,3,14-18H2,(H,30,35)/t21-,22+,24?/m0/s1. The Balaban J connectivity index is 1.57. The van der Waals surface area contributed by atoms with E-state index in [1.165, 1.54) is 4.90 Å². The molecule has 1 heterocycles. The summed E-state index contributed by atoms with van der Waals surface area (Å²) in [4.78, 5) is 28.4. The molecule has 182 valence electrons. The highest BCUT2D eigenvalue weighted by Crippen LogP contribution is 2.48. The molecule has 0 aromatic heterocycles. The fourth-order valence-electron chi connectivity index (χ4n) is 4.43. The third-order valence-electron chi connectivity index (χ3n) is 6.57. The average molecular weight is 479 g/mol. The molecule has 8 heteroatoms. The second kappa shape index (κ2) is 10.8. The Morgan fingerprint density at radius 1 is 1.06 bits per heavy atom. The van der Waals surface area contributed by atoms with Gasteiger partial charge in [-0.05, 0) is 30.0 Å². The molecule has 6 nitrogen and oxygen atoms in total. The molecule has 1 aliphatic heterocycles. The number of nitrogens with one attached hydrogen (secondary N) is 1. The van der Waals surface area contributed by atoms with Crippen molar-refractivity contribution in [2.45, 2.75) is 56.8 Å². The molecule has 1 aliphatic carbocycles. The number of amides is 2. The summed E-state index contributed by atoms with van der Waals surface area (Å²) in [7, 11) is 0. The van der Waals surface area contributed by atoms with Gasteiger partial charge in [0.1, 0.15) is 6.04 Å². The number of alkyl halides is 2. The highest BCUT2D eigenvalue weighted by Gasteiger charge is 2.54. The minimum Gasteiger partial charge on any atom is -0.326 e. The predicted octanol–water partition coefficient (Wildman–Crippen LogP) is 5.28. The van der Waals surface area contributed by atoms with Gasteiger partial charge in [-0.2, -0.15) is 10.2 Å². The number of hydrogen-bond donors (Lipinski definition) is 1. The molecule has 0 radical (unpaired) electrons. The molecule has 2 aromatic rings. The largest absolute Gasteiger partial charge is 0.326 e. The third kappa shape index (κ3) is 6.30. The van der Waals surface area contributed by atoms with E-state index in [-0.39, 0.29) is 25.3 Å². The number of anilines is 1. The molecule has 1 N–H and O–H groups in total. The Morgan fingerprint density at radius 3 is 2.29 bits per heavy atom. The van der Waals surface area contributed by atoms with Crippen molar-refractivity contribution in [2.75, 3.05) is 5.32 Å². The van der Waals surface area contributed by atoms with Crippen molar-refractivity contribution >= 4 is 17.5 Å². The van der Waals surface area contributed by atoms with Crippen LogP contribution in [0.1, 0.15) is 37.7 Å². The second-order valence-electron chi connectivity index (χ2n) is 9.09. The van der Waals surface area contributed by atoms with Gasteiger partial charge < -0.3 is 10.2 Å². The van der Waals surface area contributed by atoms with Gasteiger partial charge in [0.05, 0.1) is 0 Å². The van der Waals surface area contributed by atoms with Gasteiger partial charge in [-0.25, -0.2) is 8.78 Å². The fraction of sp³-hybridized carbons (Fsp3) is 0.407. The molecule has 4 rings (SSSR count). The van der Waals surface area contributed by atoms with Gasteiger partial charge >= 0.3 is 0 Å². The SMILES string of the molecule is C#CCCC1(CCC(=O)N(Cc2ccccc2)C(C(=O)Nc2ccccc2)[C@H]2C[C@H]2C(F)F)N=N1. The number of halogens is 2. The van der Waals surface area contributed by atoms with Crippen LogP contribution in [0.5, 0.6) is 0 Å². The van der Waals surface area contributed by atoms with Crippen LogP contribution in [0.3, 0.4) is 0 Å². The summed E-state index contributed by atoms with van der Waals surface area (Å²) in [6.07, 6.45) is 4.52. The van der Waals surface area contributed by atoms with Crippen molar-refractivity contribution in [1.29, 1.82) is 0 Å². The van der Waals surface area contributed by atoms with E-state index in [1.807, 2.05) is 36.4 Å². The lowest BCUT2D eigenvalue weighted by Crippen LogP contribution is -2.49. The van der Waals surface area contributed by atoms with E-state index in [0.717, 1.165) is 5.56 Å². The van der Waals surface area contributed by atoms with Crippen LogP contribution < -0.4 is 5.32 Å². The minimum atomic E-state index is -2.54. The van der Waals surface area contributed by atoms with Crippen molar-refractivity contribution in [1.82, 2.24) is 4.90 Å². The smallest absolute Gasteiger partial charge is 0.247 e. The van der Waals surface area contributed by atoms with E-state index >= 15 is 0 Å². The molecule has 2 aromatic carbocycles. The first-order valence-corrected chi connectivity index (χ1v) is 11.8. The number of carbonyl (C=O) groups is 2. The van der Waals surface area contributed by atoms with Gasteiger partial charge in [0, 0.05) is 43.8 Å². The lowest BCUT2D eigenvalue weighted by atomic mass is 10.00. The quantitative estimate of drug-likeness (QED) is 0.422. The molecule has 0 spiro atoms. The Bertz CT molecular complexity index is 1100. The Hall–Kier alpha value is -3.60. The van der Waals surface area contributed by atoms with Crippen molar-refractivity contribution in [2.24, 2.45) is 22.1 Å². The van der Waals surface area contributed by atoms with Crippen molar-refractivity contribution < 1.29 is 18.4 Å². The first-order chi connectivity index (χ1) is 16.9. The Morgan fingerprint density at radius 2 is 1.71 bits per heavy atom. The molecule has 3 atom stereocenters. The van der Waals surface area contributed by atoms with E-state index in [9.17, 15) is 18.4 Å². The number of para-hydroxylation sites is 1. The minimum absolute atomic E-state index is 0.0889. The van der Waals surface area contributed by atoms with Crippen LogP contribution in [0.25, 0.3) is 0 Å². The zero-order chi connectivity index (χ0) is 24.8. The van der Waals surface area contributed by atoms with E-state index in [2.05, 4.69) is 21.5 Å². The normalized spacial score (nSPS) is 20.1. The summed E-state index contributed by atoms with van der Waals surface area (Å²) in [5, 5.41) is 11.0. The summed E-state index contributed by atoms with van der Waals surface area (Å²) in [5.41, 5.74) is 0.718. The first-order valence-electron chi connectivity index (χ1n) is 11.8. The number of hydrogen-bond acceptors (Lipinski definition) is 4. The molecular weight excluding hydrogens is 450 g/mol. The summed E-state index contributed by atoms with van der Waals surface area (Å²) in [6.45, 7) is 0.144. The van der Waals surface area contributed by atoms with Crippen LogP contribution in [-0.4, -0.2) is 34.8 Å². The third-order valence-corrected chi connectivity index (χ3v) is 6.57. The Labute approximate surface area is 203 Å². The maximum absolute atomic E-state index is 13.6. The molecule has 35 heavy (non-hydrogen) atoms. The molecule has 2 aliphatic rings. The van der Waals surface area contributed by atoms with E-state index in [0.29, 0.717) is 24.9 Å². The zero-order valence-corrected chi connectivity index (χ0v) is 19.3. The van der Waals surface area contributed by atoms with Gasteiger partial charge in [0.2, 0.25) is 18.2 Å². The van der Waals surface area contributed by atoms with Crippen molar-refractivity contribution in [3.8, 4) is 12.3 Å².